The number of esters is 1. The molecule has 0 saturated carbocycles. The Bertz CT molecular complexity index is 1300. The Morgan fingerprint density at radius 3 is 2.45 bits per heavy atom. The van der Waals surface area contributed by atoms with E-state index in [1.165, 1.54) is 24.7 Å². The highest BCUT2D eigenvalue weighted by Crippen LogP contribution is 2.32. The number of carbonyl (C=O) groups is 2. The molecule has 0 unspecified atom stereocenters. The van der Waals surface area contributed by atoms with Crippen LogP contribution in [0.3, 0.4) is 0 Å². The summed E-state index contributed by atoms with van der Waals surface area (Å²) in [4.78, 5) is 49.7. The largest absolute Gasteiger partial charge is 0.507 e. The molecule has 2 aromatic heterocycles. The third-order valence-electron chi connectivity index (χ3n) is 5.30. The standard InChI is InChI=1S/C22H22N2O7/c1-12-8-17(25)20(22(30)24(12)11-18(26)27)14(10-19(28)31-3)15-9-13-6-4-5-7-16(13)23(2)21(15)29/h4-9,14,25H,10-11H2,1-3H3,(H,26,27)/t14-/m1/s1. The lowest BCUT2D eigenvalue weighted by molar-refractivity contribution is -0.141. The van der Waals surface area contributed by atoms with Crippen LogP contribution in [-0.4, -0.2) is 38.4 Å². The number of methoxy groups -OCH3 is 1. The van der Waals surface area contributed by atoms with E-state index in [1.54, 1.807) is 37.4 Å². The summed E-state index contributed by atoms with van der Waals surface area (Å²) < 4.78 is 7.13. The van der Waals surface area contributed by atoms with E-state index in [9.17, 15) is 24.3 Å². The van der Waals surface area contributed by atoms with Gasteiger partial charge in [-0.2, -0.15) is 0 Å². The number of carboxylic acid groups (broad SMARTS) is 1. The van der Waals surface area contributed by atoms with Crippen molar-refractivity contribution in [2.24, 2.45) is 7.05 Å². The van der Waals surface area contributed by atoms with Crippen LogP contribution in [0.5, 0.6) is 5.75 Å². The van der Waals surface area contributed by atoms with Gasteiger partial charge in [0.15, 0.2) is 0 Å². The maximum Gasteiger partial charge on any atom is 0.323 e. The first-order valence-corrected chi connectivity index (χ1v) is 9.46. The Morgan fingerprint density at radius 1 is 1.13 bits per heavy atom. The number of ether oxygens (including phenoxy) is 1. The minimum absolute atomic E-state index is 0.115. The fourth-order valence-electron chi connectivity index (χ4n) is 3.74. The molecule has 1 aromatic carbocycles. The molecule has 9 nitrogen and oxygen atoms in total. The van der Waals surface area contributed by atoms with E-state index in [4.69, 9.17) is 9.84 Å². The van der Waals surface area contributed by atoms with Gasteiger partial charge in [0.2, 0.25) is 0 Å². The molecule has 3 rings (SSSR count). The van der Waals surface area contributed by atoms with E-state index in [2.05, 4.69) is 0 Å². The van der Waals surface area contributed by atoms with Crippen LogP contribution in [0.1, 0.15) is 29.2 Å². The minimum atomic E-state index is -1.24. The summed E-state index contributed by atoms with van der Waals surface area (Å²) in [7, 11) is 2.75. The molecule has 0 aliphatic rings. The van der Waals surface area contributed by atoms with Gasteiger partial charge < -0.3 is 24.1 Å². The van der Waals surface area contributed by atoms with Crippen molar-refractivity contribution >= 4 is 22.8 Å². The van der Waals surface area contributed by atoms with Gasteiger partial charge in [0.05, 0.1) is 24.6 Å². The van der Waals surface area contributed by atoms with E-state index >= 15 is 0 Å². The highest BCUT2D eigenvalue weighted by molar-refractivity contribution is 5.80. The van der Waals surface area contributed by atoms with Crippen LogP contribution < -0.4 is 11.1 Å². The van der Waals surface area contributed by atoms with Crippen molar-refractivity contribution in [3.8, 4) is 5.75 Å². The van der Waals surface area contributed by atoms with Gasteiger partial charge in [-0.05, 0) is 30.5 Å². The van der Waals surface area contributed by atoms with Gasteiger partial charge in [0.25, 0.3) is 11.1 Å². The van der Waals surface area contributed by atoms with Crippen LogP contribution >= 0.6 is 0 Å². The zero-order valence-corrected chi connectivity index (χ0v) is 17.3. The molecule has 0 saturated heterocycles. The Hall–Kier alpha value is -3.88. The maximum atomic E-state index is 13.2. The van der Waals surface area contributed by atoms with Gasteiger partial charge in [-0.25, -0.2) is 0 Å². The Balaban J connectivity index is 2.35. The van der Waals surface area contributed by atoms with E-state index in [0.717, 1.165) is 4.57 Å². The highest BCUT2D eigenvalue weighted by Gasteiger charge is 2.29. The smallest absolute Gasteiger partial charge is 0.323 e. The van der Waals surface area contributed by atoms with Crippen LogP contribution in [0.15, 0.2) is 46.0 Å². The van der Waals surface area contributed by atoms with Crippen molar-refractivity contribution in [1.82, 2.24) is 9.13 Å². The molecular weight excluding hydrogens is 404 g/mol. The zero-order valence-electron chi connectivity index (χ0n) is 17.3. The van der Waals surface area contributed by atoms with Crippen molar-refractivity contribution in [3.05, 3.63) is 73.9 Å². The van der Waals surface area contributed by atoms with Crippen LogP contribution in [-0.2, 0) is 27.9 Å². The molecule has 3 aromatic rings. The number of aryl methyl sites for hydroxylation is 2. The van der Waals surface area contributed by atoms with Gasteiger partial charge in [0, 0.05) is 24.2 Å². The second-order valence-corrected chi connectivity index (χ2v) is 7.23. The first-order chi connectivity index (χ1) is 14.6. The molecule has 0 bridgehead atoms. The molecule has 162 valence electrons. The lowest BCUT2D eigenvalue weighted by Crippen LogP contribution is -2.33. The number of nitrogens with zero attached hydrogens (tertiary/aromatic N) is 2. The first kappa shape index (κ1) is 21.8. The molecule has 0 fully saturated rings. The van der Waals surface area contributed by atoms with E-state index < -0.39 is 41.3 Å². The average molecular weight is 426 g/mol. The molecule has 0 aliphatic carbocycles. The predicted molar refractivity (Wildman–Crippen MR) is 112 cm³/mol. The Morgan fingerprint density at radius 2 is 1.81 bits per heavy atom. The Labute approximate surface area is 176 Å². The molecule has 1 atom stereocenters. The molecule has 0 radical (unpaired) electrons. The molecule has 0 spiro atoms. The van der Waals surface area contributed by atoms with Crippen molar-refractivity contribution in [2.75, 3.05) is 7.11 Å². The minimum Gasteiger partial charge on any atom is -0.507 e. The van der Waals surface area contributed by atoms with Gasteiger partial charge in [-0.1, -0.05) is 18.2 Å². The molecule has 0 amide bonds. The number of aromatic hydroxyl groups is 1. The number of fused-ring (bicyclic) bond motifs is 1. The molecule has 9 heteroatoms. The number of pyridine rings is 2. The summed E-state index contributed by atoms with van der Waals surface area (Å²) in [5, 5.41) is 20.5. The molecule has 31 heavy (non-hydrogen) atoms. The first-order valence-electron chi connectivity index (χ1n) is 9.46. The van der Waals surface area contributed by atoms with E-state index in [-0.39, 0.29) is 23.2 Å². The molecular formula is C22H22N2O7. The van der Waals surface area contributed by atoms with Gasteiger partial charge in [0.1, 0.15) is 12.3 Å². The van der Waals surface area contributed by atoms with Crippen molar-refractivity contribution in [2.45, 2.75) is 25.8 Å². The zero-order chi connectivity index (χ0) is 22.9. The second-order valence-electron chi connectivity index (χ2n) is 7.23. The number of aliphatic carboxylic acids is 1. The van der Waals surface area contributed by atoms with Crippen molar-refractivity contribution in [1.29, 1.82) is 0 Å². The molecule has 2 N–H and O–H groups in total. The number of benzene rings is 1. The topological polar surface area (TPSA) is 128 Å². The maximum absolute atomic E-state index is 13.2. The lowest BCUT2D eigenvalue weighted by Gasteiger charge is -2.20. The summed E-state index contributed by atoms with van der Waals surface area (Å²) in [6.45, 7) is 0.858. The molecule has 2 heterocycles. The fraction of sp³-hybridized carbons (Fsp3) is 0.273. The SMILES string of the molecule is COC(=O)C[C@@H](c1c(O)cc(C)n(CC(=O)O)c1=O)c1cc2ccccc2n(C)c1=O. The Kier molecular flexibility index (Phi) is 5.96. The summed E-state index contributed by atoms with van der Waals surface area (Å²) in [5.74, 6) is -3.49. The van der Waals surface area contributed by atoms with Gasteiger partial charge >= 0.3 is 11.9 Å². The lowest BCUT2D eigenvalue weighted by atomic mass is 9.88. The van der Waals surface area contributed by atoms with Crippen LogP contribution in [0.25, 0.3) is 10.9 Å². The second kappa shape index (κ2) is 8.47. The van der Waals surface area contributed by atoms with Gasteiger partial charge in [-0.3, -0.25) is 19.2 Å². The number of aromatic nitrogens is 2. The van der Waals surface area contributed by atoms with Crippen LogP contribution in [0, 0.1) is 6.92 Å². The summed E-state index contributed by atoms with van der Waals surface area (Å²) in [5.41, 5.74) is -0.462. The third-order valence-corrected chi connectivity index (χ3v) is 5.30. The number of hydrogen-bond acceptors (Lipinski definition) is 6. The molecule has 0 aliphatic heterocycles. The highest BCUT2D eigenvalue weighted by atomic mass is 16.5. The number of carbonyl (C=O) groups excluding carboxylic acids is 1. The summed E-state index contributed by atoms with van der Waals surface area (Å²) in [6, 6.07) is 9.93. The average Bonchev–Trinajstić information content (AvgIpc) is 2.72. The summed E-state index contributed by atoms with van der Waals surface area (Å²) in [6.07, 6.45) is -0.386. The number of rotatable bonds is 6. The summed E-state index contributed by atoms with van der Waals surface area (Å²) >= 11 is 0. The number of para-hydroxylation sites is 1. The van der Waals surface area contributed by atoms with Crippen LogP contribution in [0.4, 0.5) is 0 Å². The number of hydrogen-bond donors (Lipinski definition) is 2. The van der Waals surface area contributed by atoms with Crippen LogP contribution in [0.2, 0.25) is 0 Å². The van der Waals surface area contributed by atoms with Crippen molar-refractivity contribution in [3.63, 3.8) is 0 Å². The predicted octanol–water partition coefficient (Wildman–Crippen LogP) is 1.49. The fourth-order valence-corrected chi connectivity index (χ4v) is 3.74. The normalized spacial score (nSPS) is 12.0. The van der Waals surface area contributed by atoms with Gasteiger partial charge in [-0.15, -0.1) is 0 Å². The van der Waals surface area contributed by atoms with Crippen molar-refractivity contribution < 1.29 is 24.5 Å². The van der Waals surface area contributed by atoms with E-state index in [0.29, 0.717) is 10.9 Å². The monoisotopic (exact) mass is 426 g/mol. The number of carboxylic acids is 1. The third kappa shape index (κ3) is 4.07. The van der Waals surface area contributed by atoms with E-state index in [1.807, 2.05) is 0 Å². The quantitative estimate of drug-likeness (QED) is 0.572.